The van der Waals surface area contributed by atoms with Crippen LogP contribution in [0.15, 0.2) is 0 Å². The van der Waals surface area contributed by atoms with Crippen molar-refractivity contribution in [1.82, 2.24) is 0 Å². The Morgan fingerprint density at radius 2 is 2.06 bits per heavy atom. The molecule has 1 aliphatic heterocycles. The molecule has 100 valence electrons. The number of rotatable bonds is 2. The highest BCUT2D eigenvalue weighted by molar-refractivity contribution is 4.91. The second kappa shape index (κ2) is 5.25. The van der Waals surface area contributed by atoms with E-state index >= 15 is 0 Å². The molecule has 2 aliphatic rings. The lowest BCUT2D eigenvalue weighted by Crippen LogP contribution is -2.55. The van der Waals surface area contributed by atoms with E-state index in [1.165, 1.54) is 12.8 Å². The summed E-state index contributed by atoms with van der Waals surface area (Å²) in [6, 6.07) is 0. The standard InChI is InChI=1S/C14H26O3/c1-10(2)13-5-4-11(3)8-14(13)16-7-6-12(9-15)17-14/h10-13,15H,4-9H2,1-3H3. The fraction of sp³-hybridized carbons (Fsp3) is 1.00. The van der Waals surface area contributed by atoms with Crippen LogP contribution in [0.3, 0.4) is 0 Å². The number of ether oxygens (including phenoxy) is 2. The van der Waals surface area contributed by atoms with Crippen molar-refractivity contribution < 1.29 is 14.6 Å². The Labute approximate surface area is 104 Å². The van der Waals surface area contributed by atoms with Crippen LogP contribution in [-0.4, -0.2) is 30.2 Å². The first-order valence-corrected chi connectivity index (χ1v) is 7.00. The molecule has 0 radical (unpaired) electrons. The summed E-state index contributed by atoms with van der Waals surface area (Å²) >= 11 is 0. The Balaban J connectivity index is 2.16. The van der Waals surface area contributed by atoms with Crippen LogP contribution in [0.25, 0.3) is 0 Å². The zero-order valence-corrected chi connectivity index (χ0v) is 11.3. The maximum atomic E-state index is 9.32. The van der Waals surface area contributed by atoms with E-state index in [0.29, 0.717) is 17.8 Å². The lowest BCUT2D eigenvalue weighted by Gasteiger charge is -2.51. The molecule has 1 N–H and O–H groups in total. The lowest BCUT2D eigenvalue weighted by atomic mass is 9.72. The molecule has 0 aromatic heterocycles. The van der Waals surface area contributed by atoms with Gasteiger partial charge in [0.2, 0.25) is 0 Å². The summed E-state index contributed by atoms with van der Waals surface area (Å²) in [5, 5.41) is 9.32. The van der Waals surface area contributed by atoms with Crippen LogP contribution in [0, 0.1) is 17.8 Å². The minimum absolute atomic E-state index is 0.0321. The van der Waals surface area contributed by atoms with Crippen molar-refractivity contribution in [3.8, 4) is 0 Å². The van der Waals surface area contributed by atoms with Gasteiger partial charge in [-0.1, -0.05) is 27.2 Å². The molecule has 1 aliphatic carbocycles. The molecular weight excluding hydrogens is 216 g/mol. The zero-order valence-electron chi connectivity index (χ0n) is 11.3. The van der Waals surface area contributed by atoms with E-state index < -0.39 is 5.79 Å². The highest BCUT2D eigenvalue weighted by Gasteiger charge is 2.49. The van der Waals surface area contributed by atoms with Crippen LogP contribution in [-0.2, 0) is 9.47 Å². The number of aliphatic hydroxyl groups is 1. The summed E-state index contributed by atoms with van der Waals surface area (Å²) in [5.74, 6) is 1.27. The van der Waals surface area contributed by atoms with Gasteiger partial charge in [-0.25, -0.2) is 0 Å². The number of hydrogen-bond donors (Lipinski definition) is 1. The molecule has 1 spiro atoms. The Kier molecular flexibility index (Phi) is 4.11. The second-order valence-electron chi connectivity index (χ2n) is 6.11. The molecule has 17 heavy (non-hydrogen) atoms. The molecular formula is C14H26O3. The van der Waals surface area contributed by atoms with Crippen molar-refractivity contribution in [3.05, 3.63) is 0 Å². The minimum atomic E-state index is -0.419. The molecule has 0 bridgehead atoms. The van der Waals surface area contributed by atoms with E-state index in [9.17, 15) is 5.11 Å². The van der Waals surface area contributed by atoms with Gasteiger partial charge in [0, 0.05) is 12.3 Å². The lowest BCUT2D eigenvalue weighted by molar-refractivity contribution is -0.341. The maximum absolute atomic E-state index is 9.32. The van der Waals surface area contributed by atoms with Crippen LogP contribution in [0.5, 0.6) is 0 Å². The van der Waals surface area contributed by atoms with Crippen molar-refractivity contribution in [3.63, 3.8) is 0 Å². The monoisotopic (exact) mass is 242 g/mol. The smallest absolute Gasteiger partial charge is 0.172 e. The Hall–Kier alpha value is -0.120. The predicted molar refractivity (Wildman–Crippen MR) is 66.6 cm³/mol. The van der Waals surface area contributed by atoms with E-state index in [2.05, 4.69) is 20.8 Å². The van der Waals surface area contributed by atoms with Crippen molar-refractivity contribution in [2.45, 2.75) is 58.3 Å². The molecule has 3 nitrogen and oxygen atoms in total. The van der Waals surface area contributed by atoms with Crippen LogP contribution in [0.4, 0.5) is 0 Å². The largest absolute Gasteiger partial charge is 0.394 e. The molecule has 0 amide bonds. The van der Waals surface area contributed by atoms with Gasteiger partial charge in [0.1, 0.15) is 0 Å². The molecule has 1 saturated heterocycles. The topological polar surface area (TPSA) is 38.7 Å². The first kappa shape index (κ1) is 13.3. The van der Waals surface area contributed by atoms with Crippen LogP contribution in [0.2, 0.25) is 0 Å². The van der Waals surface area contributed by atoms with Gasteiger partial charge in [-0.3, -0.25) is 0 Å². The minimum Gasteiger partial charge on any atom is -0.394 e. The molecule has 3 heteroatoms. The fourth-order valence-corrected chi connectivity index (χ4v) is 3.43. The van der Waals surface area contributed by atoms with Crippen molar-refractivity contribution in [2.75, 3.05) is 13.2 Å². The average Bonchev–Trinajstić information content (AvgIpc) is 2.28. The highest BCUT2D eigenvalue weighted by atomic mass is 16.7. The molecule has 2 rings (SSSR count). The van der Waals surface area contributed by atoms with Crippen molar-refractivity contribution in [2.24, 2.45) is 17.8 Å². The quantitative estimate of drug-likeness (QED) is 0.809. The highest BCUT2D eigenvalue weighted by Crippen LogP contribution is 2.46. The summed E-state index contributed by atoms with van der Waals surface area (Å²) in [6.07, 6.45) is 4.21. The van der Waals surface area contributed by atoms with Crippen LogP contribution < -0.4 is 0 Å². The maximum Gasteiger partial charge on any atom is 0.172 e. The molecule has 0 aromatic carbocycles. The third-order valence-electron chi connectivity index (χ3n) is 4.33. The third-order valence-corrected chi connectivity index (χ3v) is 4.33. The predicted octanol–water partition coefficient (Wildman–Crippen LogP) is 2.57. The Morgan fingerprint density at radius 3 is 2.71 bits per heavy atom. The first-order valence-electron chi connectivity index (χ1n) is 7.00. The van der Waals surface area contributed by atoms with E-state index in [4.69, 9.17) is 9.47 Å². The molecule has 1 heterocycles. The average molecular weight is 242 g/mol. The summed E-state index contributed by atoms with van der Waals surface area (Å²) < 4.78 is 12.2. The van der Waals surface area contributed by atoms with Gasteiger partial charge >= 0.3 is 0 Å². The Bertz CT molecular complexity index is 254. The van der Waals surface area contributed by atoms with E-state index in [1.807, 2.05) is 0 Å². The van der Waals surface area contributed by atoms with Gasteiger partial charge in [0.05, 0.1) is 19.3 Å². The molecule has 4 unspecified atom stereocenters. The van der Waals surface area contributed by atoms with Gasteiger partial charge in [-0.15, -0.1) is 0 Å². The SMILES string of the molecule is CC1CCC(C(C)C)C2(C1)OCCC(CO)O2. The molecule has 2 fully saturated rings. The van der Waals surface area contributed by atoms with Crippen molar-refractivity contribution in [1.29, 1.82) is 0 Å². The molecule has 1 saturated carbocycles. The van der Waals surface area contributed by atoms with E-state index in [-0.39, 0.29) is 12.7 Å². The van der Waals surface area contributed by atoms with Gasteiger partial charge in [0.25, 0.3) is 0 Å². The first-order chi connectivity index (χ1) is 8.07. The zero-order chi connectivity index (χ0) is 12.5. The number of aliphatic hydroxyl groups excluding tert-OH is 1. The van der Waals surface area contributed by atoms with Crippen LogP contribution in [0.1, 0.15) is 46.5 Å². The third kappa shape index (κ3) is 2.67. The number of hydrogen-bond acceptors (Lipinski definition) is 3. The summed E-state index contributed by atoms with van der Waals surface area (Å²) in [7, 11) is 0. The van der Waals surface area contributed by atoms with Gasteiger partial charge in [0.15, 0.2) is 5.79 Å². The summed E-state index contributed by atoms with van der Waals surface area (Å²) in [4.78, 5) is 0. The Morgan fingerprint density at radius 1 is 1.29 bits per heavy atom. The molecule has 4 atom stereocenters. The van der Waals surface area contributed by atoms with Gasteiger partial charge in [-0.2, -0.15) is 0 Å². The fourth-order valence-electron chi connectivity index (χ4n) is 3.43. The van der Waals surface area contributed by atoms with Gasteiger partial charge in [-0.05, 0) is 24.7 Å². The van der Waals surface area contributed by atoms with Crippen molar-refractivity contribution >= 4 is 0 Å². The van der Waals surface area contributed by atoms with E-state index in [0.717, 1.165) is 19.4 Å². The van der Waals surface area contributed by atoms with E-state index in [1.54, 1.807) is 0 Å². The normalized spacial score (nSPS) is 43.2. The van der Waals surface area contributed by atoms with Crippen LogP contribution >= 0.6 is 0 Å². The summed E-state index contributed by atoms with van der Waals surface area (Å²) in [6.45, 7) is 7.61. The summed E-state index contributed by atoms with van der Waals surface area (Å²) in [5.41, 5.74) is 0. The second-order valence-corrected chi connectivity index (χ2v) is 6.11. The molecule has 0 aromatic rings. The van der Waals surface area contributed by atoms with Gasteiger partial charge < -0.3 is 14.6 Å².